The SMILES string of the molecule is CS(=O)(=O)c1cc2c(c(S(=O)(=O)Nc3ccc(F)cc3Cl)c1)OCC(=O)N2. The maximum absolute atomic E-state index is 13.2. The molecule has 0 atom stereocenters. The van der Waals surface area contributed by atoms with Gasteiger partial charge in [-0.2, -0.15) is 0 Å². The highest BCUT2D eigenvalue weighted by Gasteiger charge is 2.30. The van der Waals surface area contributed by atoms with Crippen molar-refractivity contribution < 1.29 is 30.8 Å². The van der Waals surface area contributed by atoms with Crippen LogP contribution in [0.5, 0.6) is 5.75 Å². The van der Waals surface area contributed by atoms with Gasteiger partial charge >= 0.3 is 0 Å². The van der Waals surface area contributed by atoms with Crippen LogP contribution in [0.3, 0.4) is 0 Å². The minimum atomic E-state index is -4.39. The third-order valence-electron chi connectivity index (χ3n) is 3.54. The first-order chi connectivity index (χ1) is 12.5. The third-order valence-corrected chi connectivity index (χ3v) is 6.32. The Morgan fingerprint density at radius 2 is 1.89 bits per heavy atom. The Morgan fingerprint density at radius 3 is 2.52 bits per heavy atom. The lowest BCUT2D eigenvalue weighted by molar-refractivity contribution is -0.118. The number of sulfonamides is 1. The Morgan fingerprint density at radius 1 is 1.19 bits per heavy atom. The van der Waals surface area contributed by atoms with Crippen LogP contribution in [-0.2, 0) is 24.7 Å². The van der Waals surface area contributed by atoms with Crippen LogP contribution in [0.25, 0.3) is 0 Å². The molecule has 12 heteroatoms. The molecule has 2 aromatic rings. The number of sulfone groups is 1. The van der Waals surface area contributed by atoms with Gasteiger partial charge < -0.3 is 10.1 Å². The van der Waals surface area contributed by atoms with Gasteiger partial charge in [0.1, 0.15) is 10.7 Å². The number of carbonyl (C=O) groups is 1. The van der Waals surface area contributed by atoms with Crippen LogP contribution in [0, 0.1) is 5.82 Å². The molecule has 0 radical (unpaired) electrons. The lowest BCUT2D eigenvalue weighted by atomic mass is 10.2. The number of nitrogens with one attached hydrogen (secondary N) is 2. The predicted octanol–water partition coefficient (Wildman–Crippen LogP) is 2.01. The van der Waals surface area contributed by atoms with Gasteiger partial charge in [0.15, 0.2) is 22.2 Å². The summed E-state index contributed by atoms with van der Waals surface area (Å²) in [5.74, 6) is -1.44. The van der Waals surface area contributed by atoms with Crippen molar-refractivity contribution in [2.45, 2.75) is 9.79 Å². The van der Waals surface area contributed by atoms with Crippen molar-refractivity contribution in [1.82, 2.24) is 0 Å². The zero-order valence-electron chi connectivity index (χ0n) is 13.6. The number of carbonyl (C=O) groups excluding carboxylic acids is 1. The average Bonchev–Trinajstić information content (AvgIpc) is 2.55. The number of amides is 1. The van der Waals surface area contributed by atoms with Gasteiger partial charge in [-0.05, 0) is 30.3 Å². The monoisotopic (exact) mass is 434 g/mol. The van der Waals surface area contributed by atoms with E-state index in [-0.39, 0.29) is 27.0 Å². The zero-order chi connectivity index (χ0) is 20.0. The number of hydrogen-bond acceptors (Lipinski definition) is 6. The smallest absolute Gasteiger partial charge is 0.265 e. The Hall–Kier alpha value is -2.37. The number of hydrogen-bond donors (Lipinski definition) is 2. The van der Waals surface area contributed by atoms with Crippen LogP contribution >= 0.6 is 11.6 Å². The Bertz CT molecular complexity index is 1170. The topological polar surface area (TPSA) is 119 Å². The summed E-state index contributed by atoms with van der Waals surface area (Å²) in [5.41, 5.74) is -0.212. The summed E-state index contributed by atoms with van der Waals surface area (Å²) in [4.78, 5) is 10.7. The summed E-state index contributed by atoms with van der Waals surface area (Å²) in [7, 11) is -8.19. The van der Waals surface area contributed by atoms with Gasteiger partial charge in [-0.15, -0.1) is 0 Å². The second-order valence-electron chi connectivity index (χ2n) is 5.64. The van der Waals surface area contributed by atoms with Crippen LogP contribution < -0.4 is 14.8 Å². The van der Waals surface area contributed by atoms with Crippen LogP contribution in [0.4, 0.5) is 15.8 Å². The molecule has 0 fully saturated rings. The van der Waals surface area contributed by atoms with E-state index in [0.29, 0.717) is 0 Å². The lowest BCUT2D eigenvalue weighted by Gasteiger charge is -2.22. The molecule has 27 heavy (non-hydrogen) atoms. The molecule has 0 spiro atoms. The molecule has 0 saturated heterocycles. The molecule has 0 aliphatic carbocycles. The first kappa shape index (κ1) is 19.4. The Balaban J connectivity index is 2.16. The average molecular weight is 435 g/mol. The van der Waals surface area contributed by atoms with E-state index in [2.05, 4.69) is 10.0 Å². The molecule has 1 heterocycles. The number of rotatable bonds is 4. The third kappa shape index (κ3) is 3.99. The first-order valence-electron chi connectivity index (χ1n) is 7.26. The number of halogens is 2. The van der Waals surface area contributed by atoms with Crippen LogP contribution in [-0.4, -0.2) is 35.6 Å². The molecule has 3 rings (SSSR count). The van der Waals surface area contributed by atoms with Gasteiger partial charge in [0, 0.05) is 6.26 Å². The van der Waals surface area contributed by atoms with Gasteiger partial charge in [0.2, 0.25) is 0 Å². The van der Waals surface area contributed by atoms with E-state index in [1.807, 2.05) is 0 Å². The fraction of sp³-hybridized carbons (Fsp3) is 0.133. The van der Waals surface area contributed by atoms with Crippen molar-refractivity contribution in [2.24, 2.45) is 0 Å². The Kier molecular flexibility index (Phi) is 4.78. The maximum Gasteiger partial charge on any atom is 0.265 e. The van der Waals surface area contributed by atoms with Crippen LogP contribution in [0.2, 0.25) is 5.02 Å². The standard InChI is InChI=1S/C15H12ClFN2O6S2/c1-26(21,22)9-5-12-15(25-7-14(20)18-12)13(6-9)27(23,24)19-11-3-2-8(17)4-10(11)16/h2-6,19H,7H2,1H3,(H,18,20). The second kappa shape index (κ2) is 6.66. The van der Waals surface area contributed by atoms with Gasteiger partial charge in [0.05, 0.1) is 21.3 Å². The largest absolute Gasteiger partial charge is 0.480 e. The van der Waals surface area contributed by atoms with Crippen molar-refractivity contribution in [2.75, 3.05) is 22.9 Å². The Labute approximate surface area is 159 Å². The molecule has 0 saturated carbocycles. The second-order valence-corrected chi connectivity index (χ2v) is 9.71. The number of anilines is 2. The van der Waals surface area contributed by atoms with E-state index in [1.54, 1.807) is 0 Å². The first-order valence-corrected chi connectivity index (χ1v) is 11.0. The van der Waals surface area contributed by atoms with Crippen molar-refractivity contribution >= 4 is 48.7 Å². The summed E-state index contributed by atoms with van der Waals surface area (Å²) in [6.07, 6.45) is 0.890. The molecular formula is C15H12ClFN2O6S2. The molecule has 1 amide bonds. The minimum Gasteiger partial charge on any atom is -0.480 e. The highest BCUT2D eigenvalue weighted by Crippen LogP contribution is 2.38. The van der Waals surface area contributed by atoms with E-state index in [1.165, 1.54) is 0 Å². The quantitative estimate of drug-likeness (QED) is 0.759. The van der Waals surface area contributed by atoms with Gasteiger partial charge in [-0.1, -0.05) is 11.6 Å². The van der Waals surface area contributed by atoms with Crippen molar-refractivity contribution in [3.8, 4) is 5.75 Å². The van der Waals surface area contributed by atoms with Crippen molar-refractivity contribution in [3.63, 3.8) is 0 Å². The molecule has 2 aromatic carbocycles. The number of benzene rings is 2. The highest BCUT2D eigenvalue weighted by atomic mass is 35.5. The van der Waals surface area contributed by atoms with Crippen molar-refractivity contribution in [1.29, 1.82) is 0 Å². The number of fused-ring (bicyclic) bond motifs is 1. The zero-order valence-corrected chi connectivity index (χ0v) is 16.0. The molecule has 1 aliphatic heterocycles. The van der Waals surface area contributed by atoms with Crippen molar-refractivity contribution in [3.05, 3.63) is 41.2 Å². The van der Waals surface area contributed by atoms with E-state index < -0.39 is 43.1 Å². The highest BCUT2D eigenvalue weighted by molar-refractivity contribution is 7.93. The summed E-state index contributed by atoms with van der Waals surface area (Å²) in [6, 6.07) is 5.04. The summed E-state index contributed by atoms with van der Waals surface area (Å²) in [6.45, 7) is -0.439. The maximum atomic E-state index is 13.2. The van der Waals surface area contributed by atoms with Crippen LogP contribution in [0.15, 0.2) is 40.1 Å². The fourth-order valence-electron chi connectivity index (χ4n) is 2.33. The molecule has 1 aliphatic rings. The summed E-state index contributed by atoms with van der Waals surface area (Å²) in [5, 5.41) is 2.18. The van der Waals surface area contributed by atoms with E-state index >= 15 is 0 Å². The van der Waals surface area contributed by atoms with Crippen LogP contribution in [0.1, 0.15) is 0 Å². The summed E-state index contributed by atoms with van der Waals surface area (Å²) >= 11 is 5.84. The fourth-order valence-corrected chi connectivity index (χ4v) is 4.61. The number of ether oxygens (including phenoxy) is 1. The van der Waals surface area contributed by atoms with E-state index in [0.717, 1.165) is 36.6 Å². The molecule has 0 unspecified atom stereocenters. The molecule has 144 valence electrons. The van der Waals surface area contributed by atoms with Gasteiger partial charge in [0.25, 0.3) is 15.9 Å². The van der Waals surface area contributed by atoms with Gasteiger partial charge in [-0.25, -0.2) is 21.2 Å². The van der Waals surface area contributed by atoms with E-state index in [4.69, 9.17) is 16.3 Å². The van der Waals surface area contributed by atoms with Gasteiger partial charge in [-0.3, -0.25) is 9.52 Å². The molecule has 2 N–H and O–H groups in total. The predicted molar refractivity (Wildman–Crippen MR) is 95.9 cm³/mol. The minimum absolute atomic E-state index is 0.0975. The molecular weight excluding hydrogens is 423 g/mol. The molecule has 8 nitrogen and oxygen atoms in total. The molecule has 0 bridgehead atoms. The lowest BCUT2D eigenvalue weighted by Crippen LogP contribution is -2.27. The summed E-state index contributed by atoms with van der Waals surface area (Å²) < 4.78 is 69.9. The van der Waals surface area contributed by atoms with E-state index in [9.17, 15) is 26.0 Å². The molecule has 0 aromatic heterocycles. The normalized spacial score (nSPS) is 14.1.